The molecule has 0 fully saturated rings. The van der Waals surface area contributed by atoms with Crippen molar-refractivity contribution in [3.63, 3.8) is 0 Å². The number of carbonyl (C=O) groups is 1. The molecular weight excluding hydrogens is 400 g/mol. The van der Waals surface area contributed by atoms with E-state index in [2.05, 4.69) is 10.0 Å². The number of ether oxygens (including phenoxy) is 1. The summed E-state index contributed by atoms with van der Waals surface area (Å²) in [6, 6.07) is 18.8. The van der Waals surface area contributed by atoms with Gasteiger partial charge in [-0.2, -0.15) is 0 Å². The van der Waals surface area contributed by atoms with Gasteiger partial charge >= 0.3 is 0 Å². The molecule has 0 aromatic heterocycles. The Kier molecular flexibility index (Phi) is 6.42. The fraction of sp³-hybridized carbons (Fsp3) is 0.174. The number of rotatable bonds is 7. The lowest BCUT2D eigenvalue weighted by Gasteiger charge is -2.13. The van der Waals surface area contributed by atoms with Crippen molar-refractivity contribution in [3.8, 4) is 5.75 Å². The first-order chi connectivity index (χ1) is 14.3. The average molecular weight is 425 g/mol. The molecule has 0 saturated carbocycles. The number of hydrogen-bond donors (Lipinski definition) is 2. The number of benzene rings is 3. The van der Waals surface area contributed by atoms with Crippen molar-refractivity contribution < 1.29 is 17.9 Å². The molecule has 0 aliphatic carbocycles. The van der Waals surface area contributed by atoms with Crippen molar-refractivity contribution in [2.24, 2.45) is 0 Å². The predicted molar refractivity (Wildman–Crippen MR) is 117 cm³/mol. The number of nitrogens with one attached hydrogen (secondary N) is 2. The third kappa shape index (κ3) is 4.99. The van der Waals surface area contributed by atoms with E-state index >= 15 is 0 Å². The third-order valence-corrected chi connectivity index (χ3v) is 6.20. The van der Waals surface area contributed by atoms with Gasteiger partial charge in [0.25, 0.3) is 15.9 Å². The minimum atomic E-state index is -3.80. The Balaban J connectivity index is 1.77. The summed E-state index contributed by atoms with van der Waals surface area (Å²) < 4.78 is 33.1. The number of amides is 1. The van der Waals surface area contributed by atoms with Gasteiger partial charge in [-0.15, -0.1) is 0 Å². The van der Waals surface area contributed by atoms with E-state index in [1.165, 1.54) is 19.2 Å². The van der Waals surface area contributed by atoms with Crippen LogP contribution in [0.3, 0.4) is 0 Å². The zero-order valence-electron chi connectivity index (χ0n) is 17.1. The van der Waals surface area contributed by atoms with Gasteiger partial charge in [0.15, 0.2) is 0 Å². The summed E-state index contributed by atoms with van der Waals surface area (Å²) in [5.41, 5.74) is 3.56. The van der Waals surface area contributed by atoms with Crippen LogP contribution in [0.5, 0.6) is 5.75 Å². The summed E-state index contributed by atoms with van der Waals surface area (Å²) in [6.45, 7) is 4.16. The minimum absolute atomic E-state index is 0.108. The number of hydrogen-bond acceptors (Lipinski definition) is 4. The van der Waals surface area contributed by atoms with Crippen LogP contribution in [0.2, 0.25) is 0 Å². The number of methoxy groups -OCH3 is 1. The molecule has 0 heterocycles. The standard InChI is InChI=1S/C23H24N2O4S/c1-16-6-4-5-7-19(16)15-24-23(26)18-9-8-17(2)22(14-18)25-30(27,28)21-12-10-20(29-3)11-13-21/h4-14,25H,15H2,1-3H3,(H,24,26). The second-order valence-corrected chi connectivity index (χ2v) is 8.60. The molecule has 0 saturated heterocycles. The van der Waals surface area contributed by atoms with E-state index in [-0.39, 0.29) is 10.8 Å². The Morgan fingerprint density at radius 2 is 1.63 bits per heavy atom. The number of aryl methyl sites for hydroxylation is 2. The van der Waals surface area contributed by atoms with E-state index < -0.39 is 10.0 Å². The maximum absolute atomic E-state index is 12.7. The maximum Gasteiger partial charge on any atom is 0.261 e. The lowest BCUT2D eigenvalue weighted by atomic mass is 10.1. The van der Waals surface area contributed by atoms with Crippen LogP contribution < -0.4 is 14.8 Å². The Bertz CT molecular complexity index is 1160. The van der Waals surface area contributed by atoms with Crippen molar-refractivity contribution in [1.29, 1.82) is 0 Å². The molecule has 0 radical (unpaired) electrons. The largest absolute Gasteiger partial charge is 0.497 e. The zero-order valence-corrected chi connectivity index (χ0v) is 17.9. The summed E-state index contributed by atoms with van der Waals surface area (Å²) >= 11 is 0. The second-order valence-electron chi connectivity index (χ2n) is 6.92. The van der Waals surface area contributed by atoms with Gasteiger partial charge in [-0.25, -0.2) is 8.42 Å². The topological polar surface area (TPSA) is 84.5 Å². The second kappa shape index (κ2) is 9.00. The van der Waals surface area contributed by atoms with Crippen LogP contribution in [0.1, 0.15) is 27.0 Å². The van der Waals surface area contributed by atoms with E-state index in [1.54, 1.807) is 37.3 Å². The van der Waals surface area contributed by atoms with Crippen LogP contribution in [0, 0.1) is 13.8 Å². The molecule has 3 rings (SSSR count). The molecule has 1 amide bonds. The van der Waals surface area contributed by atoms with E-state index in [4.69, 9.17) is 4.74 Å². The highest BCUT2D eigenvalue weighted by molar-refractivity contribution is 7.92. The highest BCUT2D eigenvalue weighted by Gasteiger charge is 2.17. The molecule has 0 bridgehead atoms. The lowest BCUT2D eigenvalue weighted by molar-refractivity contribution is 0.0951. The quantitative estimate of drug-likeness (QED) is 0.599. The maximum atomic E-state index is 12.7. The van der Waals surface area contributed by atoms with Gasteiger partial charge in [-0.3, -0.25) is 9.52 Å². The molecule has 0 aliphatic rings. The van der Waals surface area contributed by atoms with Crippen LogP contribution in [0.25, 0.3) is 0 Å². The molecule has 3 aromatic rings. The first-order valence-electron chi connectivity index (χ1n) is 9.40. The predicted octanol–water partition coefficient (Wildman–Crippen LogP) is 4.04. The van der Waals surface area contributed by atoms with Crippen molar-refractivity contribution in [1.82, 2.24) is 5.32 Å². The Labute approximate surface area is 177 Å². The Hall–Kier alpha value is -3.32. The van der Waals surface area contributed by atoms with Gasteiger partial charge in [-0.1, -0.05) is 30.3 Å². The monoisotopic (exact) mass is 424 g/mol. The van der Waals surface area contributed by atoms with Gasteiger partial charge in [0.05, 0.1) is 17.7 Å². The molecule has 3 aromatic carbocycles. The smallest absolute Gasteiger partial charge is 0.261 e. The molecule has 6 nitrogen and oxygen atoms in total. The number of sulfonamides is 1. The van der Waals surface area contributed by atoms with Crippen molar-refractivity contribution in [3.05, 3.63) is 89.0 Å². The number of anilines is 1. The Morgan fingerprint density at radius 1 is 0.933 bits per heavy atom. The van der Waals surface area contributed by atoms with Crippen LogP contribution >= 0.6 is 0 Å². The molecule has 0 unspecified atom stereocenters. The van der Waals surface area contributed by atoms with Crippen LogP contribution in [0.15, 0.2) is 71.6 Å². The molecule has 2 N–H and O–H groups in total. The lowest BCUT2D eigenvalue weighted by Crippen LogP contribution is -2.23. The molecular formula is C23H24N2O4S. The van der Waals surface area contributed by atoms with E-state index in [1.807, 2.05) is 31.2 Å². The summed E-state index contributed by atoms with van der Waals surface area (Å²) in [7, 11) is -2.29. The number of carbonyl (C=O) groups excluding carboxylic acids is 1. The van der Waals surface area contributed by atoms with Crippen molar-refractivity contribution >= 4 is 21.6 Å². The first kappa shape index (κ1) is 21.4. The SMILES string of the molecule is COc1ccc(S(=O)(=O)Nc2cc(C(=O)NCc3ccccc3C)ccc2C)cc1. The van der Waals surface area contributed by atoms with E-state index in [0.29, 0.717) is 29.1 Å². The van der Waals surface area contributed by atoms with E-state index in [9.17, 15) is 13.2 Å². The van der Waals surface area contributed by atoms with Gasteiger partial charge in [0, 0.05) is 12.1 Å². The van der Waals surface area contributed by atoms with Gasteiger partial charge in [0.2, 0.25) is 0 Å². The fourth-order valence-corrected chi connectivity index (χ4v) is 4.04. The summed E-state index contributed by atoms with van der Waals surface area (Å²) in [5.74, 6) is 0.292. The fourth-order valence-electron chi connectivity index (χ4n) is 2.92. The minimum Gasteiger partial charge on any atom is -0.497 e. The molecule has 0 atom stereocenters. The highest BCUT2D eigenvalue weighted by Crippen LogP contribution is 2.23. The van der Waals surface area contributed by atoms with Crippen molar-refractivity contribution in [2.45, 2.75) is 25.3 Å². The molecule has 30 heavy (non-hydrogen) atoms. The molecule has 0 aliphatic heterocycles. The summed E-state index contributed by atoms with van der Waals surface area (Å²) in [6.07, 6.45) is 0. The summed E-state index contributed by atoms with van der Waals surface area (Å²) in [4.78, 5) is 12.7. The van der Waals surface area contributed by atoms with Crippen LogP contribution in [-0.2, 0) is 16.6 Å². The van der Waals surface area contributed by atoms with Gasteiger partial charge in [-0.05, 0) is 66.9 Å². The van der Waals surface area contributed by atoms with Crippen molar-refractivity contribution in [2.75, 3.05) is 11.8 Å². The third-order valence-electron chi connectivity index (χ3n) is 4.81. The average Bonchev–Trinajstić information content (AvgIpc) is 2.74. The Morgan fingerprint density at radius 3 is 2.30 bits per heavy atom. The molecule has 7 heteroatoms. The highest BCUT2D eigenvalue weighted by atomic mass is 32.2. The van der Waals surface area contributed by atoms with Crippen LogP contribution in [0.4, 0.5) is 5.69 Å². The van der Waals surface area contributed by atoms with Gasteiger partial charge < -0.3 is 10.1 Å². The molecule has 0 spiro atoms. The molecule has 156 valence electrons. The van der Waals surface area contributed by atoms with Gasteiger partial charge in [0.1, 0.15) is 5.75 Å². The normalized spacial score (nSPS) is 11.0. The van der Waals surface area contributed by atoms with Crippen LogP contribution in [-0.4, -0.2) is 21.4 Å². The first-order valence-corrected chi connectivity index (χ1v) is 10.9. The van der Waals surface area contributed by atoms with E-state index in [0.717, 1.165) is 11.1 Å². The summed E-state index contributed by atoms with van der Waals surface area (Å²) in [5, 5.41) is 2.88. The zero-order chi connectivity index (χ0) is 21.7.